The maximum atomic E-state index is 9.89. The Balaban J connectivity index is 1.97. The number of nitrogens with one attached hydrogen (secondary N) is 1. The van der Waals surface area contributed by atoms with Crippen LogP contribution in [-0.4, -0.2) is 29.9 Å². The van der Waals surface area contributed by atoms with Crippen LogP contribution in [-0.2, 0) is 6.42 Å². The summed E-state index contributed by atoms with van der Waals surface area (Å²) in [4.78, 5) is 0. The molecule has 1 fully saturated rings. The third-order valence-corrected chi connectivity index (χ3v) is 4.18. The van der Waals surface area contributed by atoms with Gasteiger partial charge < -0.3 is 15.2 Å². The molecule has 0 aromatic heterocycles. The molecule has 3 heteroatoms. The maximum Gasteiger partial charge on any atom is 0.119 e. The van der Waals surface area contributed by atoms with Crippen LogP contribution in [0.2, 0.25) is 0 Å². The third kappa shape index (κ3) is 4.45. The summed E-state index contributed by atoms with van der Waals surface area (Å²) in [6.07, 6.45) is 4.63. The van der Waals surface area contributed by atoms with Crippen molar-refractivity contribution in [2.45, 2.75) is 58.0 Å². The number of rotatable bonds is 9. The fourth-order valence-corrected chi connectivity index (χ4v) is 2.96. The van der Waals surface area contributed by atoms with Crippen molar-refractivity contribution in [2.24, 2.45) is 5.92 Å². The second kappa shape index (κ2) is 7.28. The van der Waals surface area contributed by atoms with E-state index in [2.05, 4.69) is 38.2 Å². The van der Waals surface area contributed by atoms with Crippen molar-refractivity contribution >= 4 is 0 Å². The fraction of sp³-hybridized carbons (Fsp3) is 0.667. The molecule has 0 heterocycles. The molecular formula is C18H29NO2. The van der Waals surface area contributed by atoms with Crippen LogP contribution in [0.25, 0.3) is 0 Å². The molecule has 0 amide bonds. The van der Waals surface area contributed by atoms with Gasteiger partial charge in [-0.2, -0.15) is 0 Å². The van der Waals surface area contributed by atoms with E-state index >= 15 is 0 Å². The molecule has 1 aromatic carbocycles. The normalized spacial score (nSPS) is 17.8. The first-order chi connectivity index (χ1) is 10.1. The second-order valence-corrected chi connectivity index (χ2v) is 6.57. The summed E-state index contributed by atoms with van der Waals surface area (Å²) in [6, 6.07) is 8.68. The molecule has 0 radical (unpaired) electrons. The van der Waals surface area contributed by atoms with Crippen LogP contribution >= 0.6 is 0 Å². The predicted octanol–water partition coefficient (Wildman–Crippen LogP) is 3.16. The van der Waals surface area contributed by atoms with Crippen molar-refractivity contribution in [2.75, 3.05) is 13.2 Å². The summed E-state index contributed by atoms with van der Waals surface area (Å²) in [5.41, 5.74) is 1.05. The number of ether oxygens (including phenoxy) is 1. The van der Waals surface area contributed by atoms with Crippen molar-refractivity contribution in [3.63, 3.8) is 0 Å². The molecule has 3 nitrogen and oxygen atoms in total. The van der Waals surface area contributed by atoms with Gasteiger partial charge in [-0.3, -0.25) is 0 Å². The topological polar surface area (TPSA) is 41.5 Å². The Kier molecular flexibility index (Phi) is 5.65. The van der Waals surface area contributed by atoms with Crippen molar-refractivity contribution in [3.05, 3.63) is 29.8 Å². The van der Waals surface area contributed by atoms with E-state index in [9.17, 15) is 5.11 Å². The van der Waals surface area contributed by atoms with E-state index in [1.807, 2.05) is 12.1 Å². The van der Waals surface area contributed by atoms with Gasteiger partial charge in [-0.1, -0.05) is 39.3 Å². The van der Waals surface area contributed by atoms with Gasteiger partial charge in [0.25, 0.3) is 0 Å². The Hall–Kier alpha value is -1.06. The van der Waals surface area contributed by atoms with Crippen LogP contribution in [0.3, 0.4) is 0 Å². The van der Waals surface area contributed by atoms with Crippen LogP contribution in [0, 0.1) is 5.92 Å². The summed E-state index contributed by atoms with van der Waals surface area (Å²) in [6.45, 7) is 7.08. The molecule has 1 unspecified atom stereocenters. The fourth-order valence-electron chi connectivity index (χ4n) is 2.96. The quantitative estimate of drug-likeness (QED) is 0.734. The van der Waals surface area contributed by atoms with Crippen LogP contribution in [0.1, 0.15) is 45.6 Å². The molecule has 2 N–H and O–H groups in total. The standard InChI is InChI=1S/C18H29NO2/c1-4-5-15-6-10-17(11-7-15)21-13-18(12-20,16-8-9-16)19-14(2)3/h6-7,10-11,14,16,19-20H,4-5,8-9,12-13H2,1-3H3. The largest absolute Gasteiger partial charge is 0.492 e. The molecule has 1 aliphatic rings. The molecule has 0 aliphatic heterocycles. The van der Waals surface area contributed by atoms with Crippen LogP contribution in [0.4, 0.5) is 0 Å². The lowest BCUT2D eigenvalue weighted by Crippen LogP contribution is -2.57. The molecule has 1 aromatic rings. The van der Waals surface area contributed by atoms with E-state index in [1.165, 1.54) is 18.4 Å². The van der Waals surface area contributed by atoms with Gasteiger partial charge in [-0.15, -0.1) is 0 Å². The summed E-state index contributed by atoms with van der Waals surface area (Å²) in [7, 11) is 0. The number of benzene rings is 1. The van der Waals surface area contributed by atoms with E-state index in [4.69, 9.17) is 4.74 Å². The predicted molar refractivity (Wildman–Crippen MR) is 86.7 cm³/mol. The Labute approximate surface area is 128 Å². The van der Waals surface area contributed by atoms with Gasteiger partial charge in [0.1, 0.15) is 12.4 Å². The Morgan fingerprint density at radius 3 is 2.43 bits per heavy atom. The van der Waals surface area contributed by atoms with E-state index in [0.717, 1.165) is 18.6 Å². The Morgan fingerprint density at radius 2 is 1.95 bits per heavy atom. The van der Waals surface area contributed by atoms with E-state index in [0.29, 0.717) is 18.6 Å². The van der Waals surface area contributed by atoms with Gasteiger partial charge in [0.15, 0.2) is 0 Å². The minimum absolute atomic E-state index is 0.129. The molecule has 0 bridgehead atoms. The van der Waals surface area contributed by atoms with Gasteiger partial charge in [-0.05, 0) is 42.9 Å². The van der Waals surface area contributed by atoms with Crippen molar-refractivity contribution in [3.8, 4) is 5.75 Å². The van der Waals surface area contributed by atoms with Crippen molar-refractivity contribution < 1.29 is 9.84 Å². The average molecular weight is 291 g/mol. The van der Waals surface area contributed by atoms with Crippen molar-refractivity contribution in [1.29, 1.82) is 0 Å². The summed E-state index contributed by atoms with van der Waals surface area (Å²) in [5.74, 6) is 1.42. The molecule has 0 saturated heterocycles. The SMILES string of the molecule is CCCc1ccc(OCC(CO)(NC(C)C)C2CC2)cc1. The highest BCUT2D eigenvalue weighted by Gasteiger charge is 2.45. The molecule has 118 valence electrons. The molecule has 2 rings (SSSR count). The third-order valence-electron chi connectivity index (χ3n) is 4.18. The van der Waals surface area contributed by atoms with Crippen LogP contribution in [0.15, 0.2) is 24.3 Å². The summed E-state index contributed by atoms with van der Waals surface area (Å²) in [5, 5.41) is 13.4. The van der Waals surface area contributed by atoms with Gasteiger partial charge in [-0.25, -0.2) is 0 Å². The van der Waals surface area contributed by atoms with E-state index < -0.39 is 0 Å². The lowest BCUT2D eigenvalue weighted by Gasteiger charge is -2.35. The van der Waals surface area contributed by atoms with E-state index in [-0.39, 0.29) is 12.1 Å². The number of hydrogen-bond acceptors (Lipinski definition) is 3. The smallest absolute Gasteiger partial charge is 0.119 e. The zero-order valence-electron chi connectivity index (χ0n) is 13.6. The molecule has 21 heavy (non-hydrogen) atoms. The first kappa shape index (κ1) is 16.3. The number of aliphatic hydroxyl groups is 1. The van der Waals surface area contributed by atoms with Crippen LogP contribution < -0.4 is 10.1 Å². The number of hydrogen-bond donors (Lipinski definition) is 2. The van der Waals surface area contributed by atoms with Gasteiger partial charge >= 0.3 is 0 Å². The minimum Gasteiger partial charge on any atom is -0.492 e. The number of aliphatic hydroxyl groups excluding tert-OH is 1. The summed E-state index contributed by atoms with van der Waals surface area (Å²) < 4.78 is 5.98. The lowest BCUT2D eigenvalue weighted by molar-refractivity contribution is 0.0778. The zero-order chi connectivity index (χ0) is 15.3. The molecule has 1 aliphatic carbocycles. The minimum atomic E-state index is -0.295. The highest BCUT2D eigenvalue weighted by Crippen LogP contribution is 2.40. The zero-order valence-corrected chi connectivity index (χ0v) is 13.6. The maximum absolute atomic E-state index is 9.89. The number of aryl methyl sites for hydroxylation is 1. The molecular weight excluding hydrogens is 262 g/mol. The molecule has 0 spiro atoms. The highest BCUT2D eigenvalue weighted by molar-refractivity contribution is 5.27. The molecule has 1 saturated carbocycles. The second-order valence-electron chi connectivity index (χ2n) is 6.57. The molecule has 1 atom stereocenters. The Morgan fingerprint density at radius 1 is 1.29 bits per heavy atom. The first-order valence-electron chi connectivity index (χ1n) is 8.20. The Bertz CT molecular complexity index is 425. The van der Waals surface area contributed by atoms with Crippen LogP contribution in [0.5, 0.6) is 5.75 Å². The van der Waals surface area contributed by atoms with Gasteiger partial charge in [0, 0.05) is 6.04 Å². The first-order valence-corrected chi connectivity index (χ1v) is 8.20. The van der Waals surface area contributed by atoms with Gasteiger partial charge in [0.2, 0.25) is 0 Å². The lowest BCUT2D eigenvalue weighted by atomic mass is 9.94. The van der Waals surface area contributed by atoms with Crippen molar-refractivity contribution in [1.82, 2.24) is 5.32 Å². The van der Waals surface area contributed by atoms with E-state index in [1.54, 1.807) is 0 Å². The summed E-state index contributed by atoms with van der Waals surface area (Å²) >= 11 is 0. The monoisotopic (exact) mass is 291 g/mol. The highest BCUT2D eigenvalue weighted by atomic mass is 16.5. The van der Waals surface area contributed by atoms with Gasteiger partial charge in [0.05, 0.1) is 12.1 Å². The average Bonchev–Trinajstić information content (AvgIpc) is 3.30.